The van der Waals surface area contributed by atoms with E-state index in [2.05, 4.69) is 5.32 Å². The molecule has 0 aromatic heterocycles. The van der Waals surface area contributed by atoms with Crippen LogP contribution in [-0.2, 0) is 4.79 Å². The van der Waals surface area contributed by atoms with E-state index in [0.29, 0.717) is 13.0 Å². The molecule has 3 nitrogen and oxygen atoms in total. The summed E-state index contributed by atoms with van der Waals surface area (Å²) < 4.78 is 0. The Hall–Kier alpha value is -1.22. The maximum absolute atomic E-state index is 11.4. The van der Waals surface area contributed by atoms with E-state index in [4.69, 9.17) is 11.6 Å². The number of hydrogen-bond donors (Lipinski definition) is 1. The molecule has 1 aliphatic heterocycles. The van der Waals surface area contributed by atoms with E-state index < -0.39 is 0 Å². The van der Waals surface area contributed by atoms with Crippen molar-refractivity contribution in [2.24, 2.45) is 0 Å². The largest absolute Gasteiger partial charge is 0.383 e. The minimum Gasteiger partial charge on any atom is -0.383 e. The number of nitrogens with one attached hydrogen (secondary N) is 1. The Morgan fingerprint density at radius 1 is 1.38 bits per heavy atom. The molecule has 16 heavy (non-hydrogen) atoms. The van der Waals surface area contributed by atoms with Crippen molar-refractivity contribution in [3.63, 3.8) is 0 Å². The molecule has 1 saturated heterocycles. The van der Waals surface area contributed by atoms with E-state index in [1.807, 2.05) is 35.2 Å². The van der Waals surface area contributed by atoms with Gasteiger partial charge in [-0.1, -0.05) is 18.2 Å². The Balaban J connectivity index is 1.74. The van der Waals surface area contributed by atoms with Crippen LogP contribution in [0.15, 0.2) is 30.3 Å². The summed E-state index contributed by atoms with van der Waals surface area (Å²) >= 11 is 5.91. The topological polar surface area (TPSA) is 32.3 Å². The smallest absolute Gasteiger partial charge is 0.224 e. The zero-order valence-corrected chi connectivity index (χ0v) is 9.78. The molecule has 0 radical (unpaired) electrons. The van der Waals surface area contributed by atoms with Crippen molar-refractivity contribution in [3.8, 4) is 0 Å². The van der Waals surface area contributed by atoms with Gasteiger partial charge in [0.15, 0.2) is 0 Å². The lowest BCUT2D eigenvalue weighted by Crippen LogP contribution is -2.30. The number of anilines is 1. The molecule has 0 spiro atoms. The van der Waals surface area contributed by atoms with Gasteiger partial charge in [-0.25, -0.2) is 0 Å². The van der Waals surface area contributed by atoms with Crippen LogP contribution in [0.4, 0.5) is 5.69 Å². The van der Waals surface area contributed by atoms with Crippen molar-refractivity contribution in [1.29, 1.82) is 0 Å². The zero-order chi connectivity index (χ0) is 11.4. The highest BCUT2D eigenvalue weighted by atomic mass is 35.5. The van der Waals surface area contributed by atoms with Gasteiger partial charge in [0.25, 0.3) is 0 Å². The fraction of sp³-hybridized carbons (Fsp3) is 0.417. The number of rotatable bonds is 4. The molecule has 0 bridgehead atoms. The molecule has 1 amide bonds. The Morgan fingerprint density at radius 3 is 2.75 bits per heavy atom. The summed E-state index contributed by atoms with van der Waals surface area (Å²) in [6, 6.07) is 9.97. The van der Waals surface area contributed by atoms with Crippen LogP contribution < -0.4 is 5.32 Å². The molecule has 1 aromatic carbocycles. The Bertz CT molecular complexity index is 355. The number of carbonyl (C=O) groups is 1. The SMILES string of the molecule is O=C1CC(Cl)CN1CCNc1ccccc1. The summed E-state index contributed by atoms with van der Waals surface area (Å²) in [5.74, 6) is 0.162. The molecule has 1 fully saturated rings. The fourth-order valence-electron chi connectivity index (χ4n) is 1.83. The predicted molar refractivity (Wildman–Crippen MR) is 65.8 cm³/mol. The first kappa shape index (κ1) is 11.3. The third kappa shape index (κ3) is 2.89. The lowest BCUT2D eigenvalue weighted by molar-refractivity contribution is -0.127. The van der Waals surface area contributed by atoms with Gasteiger partial charge in [-0.2, -0.15) is 0 Å². The number of carbonyl (C=O) groups excluding carboxylic acids is 1. The fourth-order valence-corrected chi connectivity index (χ4v) is 2.13. The van der Waals surface area contributed by atoms with Gasteiger partial charge in [-0.3, -0.25) is 4.79 Å². The molecule has 1 aliphatic rings. The molecule has 4 heteroatoms. The number of para-hydroxylation sites is 1. The van der Waals surface area contributed by atoms with Crippen molar-refractivity contribution in [1.82, 2.24) is 4.90 Å². The second-order valence-electron chi connectivity index (χ2n) is 3.93. The number of amides is 1. The molecule has 1 N–H and O–H groups in total. The molecule has 1 unspecified atom stereocenters. The normalized spacial score (nSPS) is 20.2. The highest BCUT2D eigenvalue weighted by molar-refractivity contribution is 6.22. The van der Waals surface area contributed by atoms with E-state index in [-0.39, 0.29) is 11.3 Å². The van der Waals surface area contributed by atoms with Crippen LogP contribution in [0.3, 0.4) is 0 Å². The summed E-state index contributed by atoms with van der Waals surface area (Å²) in [5, 5.41) is 3.26. The molecule has 0 saturated carbocycles. The van der Waals surface area contributed by atoms with Crippen molar-refractivity contribution in [2.45, 2.75) is 11.8 Å². The number of hydrogen-bond acceptors (Lipinski definition) is 2. The van der Waals surface area contributed by atoms with Crippen LogP contribution >= 0.6 is 11.6 Å². The first-order chi connectivity index (χ1) is 7.75. The zero-order valence-electron chi connectivity index (χ0n) is 9.03. The first-order valence-corrected chi connectivity index (χ1v) is 5.90. The minimum atomic E-state index is -0.00998. The van der Waals surface area contributed by atoms with Gasteiger partial charge < -0.3 is 10.2 Å². The summed E-state index contributed by atoms with van der Waals surface area (Å²) in [5.41, 5.74) is 1.08. The highest BCUT2D eigenvalue weighted by Gasteiger charge is 2.27. The third-order valence-corrected chi connectivity index (χ3v) is 2.94. The van der Waals surface area contributed by atoms with Crippen LogP contribution in [-0.4, -0.2) is 35.8 Å². The lowest BCUT2D eigenvalue weighted by atomic mass is 10.3. The average molecular weight is 239 g/mol. The summed E-state index contributed by atoms with van der Waals surface area (Å²) in [4.78, 5) is 13.3. The molecular formula is C12H15ClN2O. The molecule has 1 aromatic rings. The number of benzene rings is 1. The summed E-state index contributed by atoms with van der Waals surface area (Å²) in [6.07, 6.45) is 0.479. The third-order valence-electron chi connectivity index (χ3n) is 2.65. The number of halogens is 1. The van der Waals surface area contributed by atoms with Gasteiger partial charge in [-0.15, -0.1) is 11.6 Å². The van der Waals surface area contributed by atoms with E-state index >= 15 is 0 Å². The molecule has 86 valence electrons. The molecule has 2 rings (SSSR count). The summed E-state index contributed by atoms with van der Waals surface area (Å²) in [7, 11) is 0. The highest BCUT2D eigenvalue weighted by Crippen LogP contribution is 2.15. The van der Waals surface area contributed by atoms with Gasteiger partial charge >= 0.3 is 0 Å². The van der Waals surface area contributed by atoms with E-state index in [0.717, 1.165) is 18.8 Å². The van der Waals surface area contributed by atoms with Crippen molar-refractivity contribution in [2.75, 3.05) is 25.0 Å². The molecule has 0 aliphatic carbocycles. The van der Waals surface area contributed by atoms with Crippen molar-refractivity contribution >= 4 is 23.2 Å². The van der Waals surface area contributed by atoms with E-state index in [1.165, 1.54) is 0 Å². The first-order valence-electron chi connectivity index (χ1n) is 5.46. The molecular weight excluding hydrogens is 224 g/mol. The van der Waals surface area contributed by atoms with Gasteiger partial charge in [0, 0.05) is 31.7 Å². The van der Waals surface area contributed by atoms with Gasteiger partial charge in [0.2, 0.25) is 5.91 Å². The standard InChI is InChI=1S/C12H15ClN2O/c13-10-8-12(16)15(9-10)7-6-14-11-4-2-1-3-5-11/h1-5,10,14H,6-9H2. The van der Waals surface area contributed by atoms with Crippen molar-refractivity contribution < 1.29 is 4.79 Å². The number of nitrogens with zero attached hydrogens (tertiary/aromatic N) is 1. The van der Waals surface area contributed by atoms with Crippen LogP contribution in [0, 0.1) is 0 Å². The van der Waals surface area contributed by atoms with Gasteiger partial charge in [-0.05, 0) is 12.1 Å². The predicted octanol–water partition coefficient (Wildman–Crippen LogP) is 1.94. The monoisotopic (exact) mass is 238 g/mol. The van der Waals surface area contributed by atoms with Gasteiger partial charge in [0.05, 0.1) is 5.38 Å². The molecule has 1 heterocycles. The maximum atomic E-state index is 11.4. The van der Waals surface area contributed by atoms with E-state index in [9.17, 15) is 4.79 Å². The van der Waals surface area contributed by atoms with Crippen molar-refractivity contribution in [3.05, 3.63) is 30.3 Å². The van der Waals surface area contributed by atoms with Crippen LogP contribution in [0.5, 0.6) is 0 Å². The lowest BCUT2D eigenvalue weighted by Gasteiger charge is -2.16. The second kappa shape index (κ2) is 5.21. The quantitative estimate of drug-likeness (QED) is 0.814. The Kier molecular flexibility index (Phi) is 3.67. The van der Waals surface area contributed by atoms with Gasteiger partial charge in [0.1, 0.15) is 0 Å². The average Bonchev–Trinajstić information content (AvgIpc) is 2.59. The minimum absolute atomic E-state index is 0.00998. The maximum Gasteiger partial charge on any atom is 0.224 e. The number of likely N-dealkylation sites (tertiary alicyclic amines) is 1. The molecule has 1 atom stereocenters. The van der Waals surface area contributed by atoms with E-state index in [1.54, 1.807) is 0 Å². The Labute approximate surface area is 100 Å². The number of alkyl halides is 1. The van der Waals surface area contributed by atoms with Crippen LogP contribution in [0.2, 0.25) is 0 Å². The Morgan fingerprint density at radius 2 is 2.12 bits per heavy atom. The van der Waals surface area contributed by atoms with Crippen LogP contribution in [0.25, 0.3) is 0 Å². The summed E-state index contributed by atoms with van der Waals surface area (Å²) in [6.45, 7) is 2.16. The van der Waals surface area contributed by atoms with Crippen LogP contribution in [0.1, 0.15) is 6.42 Å². The second-order valence-corrected chi connectivity index (χ2v) is 4.55.